The molecule has 2 rings (SSSR count). The number of thioether (sulfide) groups is 1. The van der Waals surface area contributed by atoms with Gasteiger partial charge in [-0.3, -0.25) is 4.79 Å². The van der Waals surface area contributed by atoms with Crippen molar-refractivity contribution in [2.45, 2.75) is 10.7 Å². The number of carbonyl (C=O) groups is 1. The van der Waals surface area contributed by atoms with Gasteiger partial charge in [-0.25, -0.2) is 0 Å². The Bertz CT molecular complexity index is 667. The summed E-state index contributed by atoms with van der Waals surface area (Å²) < 4.78 is 26.4. The van der Waals surface area contributed by atoms with Gasteiger partial charge in [0, 0.05) is 13.8 Å². The van der Waals surface area contributed by atoms with Crippen molar-refractivity contribution in [3.63, 3.8) is 0 Å². The Balaban J connectivity index is 2.25. The van der Waals surface area contributed by atoms with Gasteiger partial charge in [-0.15, -0.1) is 0 Å². The standard InChI is InChI=1S/C14H9Br2F2NOS/c15-8-5-6-10(16)9(7-8)13(20)19-11-3-1-2-4-12(11)21-14(17)18/h1-7,14H,(H,19,20). The Labute approximate surface area is 141 Å². The highest BCUT2D eigenvalue weighted by molar-refractivity contribution is 9.11. The van der Waals surface area contributed by atoms with Crippen molar-refractivity contribution < 1.29 is 13.6 Å². The molecule has 1 N–H and O–H groups in total. The van der Waals surface area contributed by atoms with Gasteiger partial charge in [0.15, 0.2) is 0 Å². The average Bonchev–Trinajstić information content (AvgIpc) is 2.43. The van der Waals surface area contributed by atoms with Crippen LogP contribution in [0.3, 0.4) is 0 Å². The molecule has 2 aromatic rings. The Morgan fingerprint density at radius 2 is 1.86 bits per heavy atom. The minimum atomic E-state index is -2.54. The SMILES string of the molecule is O=C(Nc1ccccc1SC(F)F)c1cc(Br)ccc1Br. The van der Waals surface area contributed by atoms with Gasteiger partial charge in [0.05, 0.1) is 11.3 Å². The molecule has 0 aliphatic heterocycles. The molecule has 2 nitrogen and oxygen atoms in total. The first-order valence-corrected chi connectivity index (χ1v) is 8.24. The molecule has 0 atom stereocenters. The molecule has 21 heavy (non-hydrogen) atoms. The monoisotopic (exact) mass is 435 g/mol. The molecule has 0 saturated heterocycles. The van der Waals surface area contributed by atoms with Crippen molar-refractivity contribution in [2.75, 3.05) is 5.32 Å². The van der Waals surface area contributed by atoms with Crippen LogP contribution in [0.4, 0.5) is 14.5 Å². The Morgan fingerprint density at radius 3 is 2.57 bits per heavy atom. The Morgan fingerprint density at radius 1 is 1.14 bits per heavy atom. The van der Waals surface area contributed by atoms with Gasteiger partial charge in [-0.2, -0.15) is 8.78 Å². The zero-order valence-electron chi connectivity index (χ0n) is 10.4. The van der Waals surface area contributed by atoms with E-state index in [2.05, 4.69) is 37.2 Å². The second-order valence-corrected chi connectivity index (χ2v) is 6.75. The summed E-state index contributed by atoms with van der Waals surface area (Å²) in [5.74, 6) is -2.91. The first-order chi connectivity index (χ1) is 9.97. The number of benzene rings is 2. The summed E-state index contributed by atoms with van der Waals surface area (Å²) in [7, 11) is 0. The van der Waals surface area contributed by atoms with Crippen molar-refractivity contribution in [3.8, 4) is 0 Å². The van der Waals surface area contributed by atoms with Gasteiger partial charge >= 0.3 is 0 Å². The van der Waals surface area contributed by atoms with Crippen molar-refractivity contribution in [3.05, 3.63) is 57.0 Å². The molecular formula is C14H9Br2F2NOS. The number of nitrogens with one attached hydrogen (secondary N) is 1. The van der Waals surface area contributed by atoms with Gasteiger partial charge in [0.2, 0.25) is 0 Å². The number of carbonyl (C=O) groups excluding carboxylic acids is 1. The average molecular weight is 437 g/mol. The van der Waals surface area contributed by atoms with Crippen LogP contribution in [0.5, 0.6) is 0 Å². The van der Waals surface area contributed by atoms with Crippen molar-refractivity contribution in [1.29, 1.82) is 0 Å². The summed E-state index contributed by atoms with van der Waals surface area (Å²) in [6.07, 6.45) is 0. The van der Waals surface area contributed by atoms with Crippen molar-refractivity contribution >= 4 is 55.2 Å². The largest absolute Gasteiger partial charge is 0.321 e. The van der Waals surface area contributed by atoms with E-state index in [4.69, 9.17) is 0 Å². The van der Waals surface area contributed by atoms with E-state index in [0.717, 1.165) is 4.47 Å². The number of anilines is 1. The van der Waals surface area contributed by atoms with E-state index in [-0.39, 0.29) is 5.91 Å². The van der Waals surface area contributed by atoms with E-state index in [0.29, 0.717) is 32.4 Å². The zero-order valence-corrected chi connectivity index (χ0v) is 14.4. The molecule has 7 heteroatoms. The Kier molecular flexibility index (Phi) is 5.78. The van der Waals surface area contributed by atoms with Crippen LogP contribution in [0.25, 0.3) is 0 Å². The fraction of sp³-hybridized carbons (Fsp3) is 0.0714. The molecule has 1 amide bonds. The third-order valence-corrected chi connectivity index (χ3v) is 4.50. The van der Waals surface area contributed by atoms with Crippen molar-refractivity contribution in [1.82, 2.24) is 0 Å². The van der Waals surface area contributed by atoms with E-state index < -0.39 is 5.76 Å². The zero-order chi connectivity index (χ0) is 15.4. The molecule has 0 saturated carbocycles. The van der Waals surface area contributed by atoms with E-state index in [1.807, 2.05) is 0 Å². The molecule has 0 spiro atoms. The third-order valence-electron chi connectivity index (χ3n) is 2.52. The molecule has 0 heterocycles. The van der Waals surface area contributed by atoms with E-state index >= 15 is 0 Å². The smallest absolute Gasteiger partial charge is 0.288 e. The van der Waals surface area contributed by atoms with E-state index in [1.54, 1.807) is 42.5 Å². The molecule has 0 bridgehead atoms. The molecule has 0 aliphatic rings. The number of para-hydroxylation sites is 1. The van der Waals surface area contributed by atoms with Crippen LogP contribution >= 0.6 is 43.6 Å². The number of amides is 1. The van der Waals surface area contributed by atoms with Gasteiger partial charge in [0.25, 0.3) is 11.7 Å². The van der Waals surface area contributed by atoms with Crippen LogP contribution in [0, 0.1) is 0 Å². The maximum absolute atomic E-state index is 12.5. The van der Waals surface area contributed by atoms with Crippen molar-refractivity contribution in [2.24, 2.45) is 0 Å². The van der Waals surface area contributed by atoms with Gasteiger partial charge < -0.3 is 5.32 Å². The van der Waals surface area contributed by atoms with Crippen LogP contribution in [0.2, 0.25) is 0 Å². The topological polar surface area (TPSA) is 29.1 Å². The highest BCUT2D eigenvalue weighted by Gasteiger charge is 2.14. The summed E-state index contributed by atoms with van der Waals surface area (Å²) in [5, 5.41) is 2.66. The van der Waals surface area contributed by atoms with E-state index in [1.165, 1.54) is 0 Å². The molecule has 2 aromatic carbocycles. The van der Waals surface area contributed by atoms with Crippen LogP contribution < -0.4 is 5.32 Å². The van der Waals surface area contributed by atoms with Crippen LogP contribution in [0.1, 0.15) is 10.4 Å². The second kappa shape index (κ2) is 7.38. The number of hydrogen-bond donors (Lipinski definition) is 1. The first kappa shape index (κ1) is 16.5. The fourth-order valence-corrected chi connectivity index (χ4v) is 3.01. The second-order valence-electron chi connectivity index (χ2n) is 3.95. The predicted octanol–water partition coefficient (Wildman–Crippen LogP) is 5.78. The molecule has 0 fully saturated rings. The number of rotatable bonds is 4. The number of alkyl halides is 2. The number of hydrogen-bond acceptors (Lipinski definition) is 2. The van der Waals surface area contributed by atoms with Gasteiger partial charge in [0.1, 0.15) is 0 Å². The quantitative estimate of drug-likeness (QED) is 0.615. The maximum atomic E-state index is 12.5. The van der Waals surface area contributed by atoms with E-state index in [9.17, 15) is 13.6 Å². The minimum Gasteiger partial charge on any atom is -0.321 e. The van der Waals surface area contributed by atoms with Crippen LogP contribution in [0.15, 0.2) is 56.3 Å². The first-order valence-electron chi connectivity index (χ1n) is 5.77. The molecule has 0 aliphatic carbocycles. The molecule has 0 aromatic heterocycles. The van der Waals surface area contributed by atoms with Crippen LogP contribution in [-0.4, -0.2) is 11.7 Å². The molecule has 0 radical (unpaired) electrons. The summed E-state index contributed by atoms with van der Waals surface area (Å²) in [6.45, 7) is 0. The predicted molar refractivity (Wildman–Crippen MR) is 88.1 cm³/mol. The maximum Gasteiger partial charge on any atom is 0.288 e. The fourth-order valence-electron chi connectivity index (χ4n) is 1.63. The lowest BCUT2D eigenvalue weighted by molar-refractivity contribution is 0.102. The highest BCUT2D eigenvalue weighted by Crippen LogP contribution is 2.32. The lowest BCUT2D eigenvalue weighted by Crippen LogP contribution is -2.13. The Hall–Kier alpha value is -0.920. The molecular weight excluding hydrogens is 428 g/mol. The lowest BCUT2D eigenvalue weighted by Gasteiger charge is -2.11. The van der Waals surface area contributed by atoms with Crippen LogP contribution in [-0.2, 0) is 0 Å². The molecule has 0 unspecified atom stereocenters. The molecule has 110 valence electrons. The number of halogens is 4. The minimum absolute atomic E-state index is 0.326. The highest BCUT2D eigenvalue weighted by atomic mass is 79.9. The summed E-state index contributed by atoms with van der Waals surface area (Å²) in [6, 6.07) is 11.6. The summed E-state index contributed by atoms with van der Waals surface area (Å²) in [5.41, 5.74) is 0.779. The lowest BCUT2D eigenvalue weighted by atomic mass is 10.2. The summed E-state index contributed by atoms with van der Waals surface area (Å²) in [4.78, 5) is 12.6. The summed E-state index contributed by atoms with van der Waals surface area (Å²) >= 11 is 6.99. The third kappa shape index (κ3) is 4.52. The van der Waals surface area contributed by atoms with Gasteiger partial charge in [-0.05, 0) is 46.3 Å². The van der Waals surface area contributed by atoms with Gasteiger partial charge in [-0.1, -0.05) is 39.8 Å². The normalized spacial score (nSPS) is 10.7.